The van der Waals surface area contributed by atoms with Crippen molar-refractivity contribution in [3.63, 3.8) is 0 Å². The summed E-state index contributed by atoms with van der Waals surface area (Å²) in [6.07, 6.45) is 2.33. The molecule has 0 saturated heterocycles. The summed E-state index contributed by atoms with van der Waals surface area (Å²) in [6.45, 7) is 1.99. The average molecular weight is 329 g/mol. The third-order valence-electron chi connectivity index (χ3n) is 2.74. The highest BCUT2D eigenvalue weighted by atomic mass is 79.9. The predicted octanol–water partition coefficient (Wildman–Crippen LogP) is 4.81. The minimum atomic E-state index is -0.289. The SMILES string of the molecule is Cc1cccnc1CC(Cl)c1cc(F)cc(Br)c1. The first-order chi connectivity index (χ1) is 8.56. The van der Waals surface area contributed by atoms with E-state index in [0.29, 0.717) is 10.9 Å². The quantitative estimate of drug-likeness (QED) is 0.737. The topological polar surface area (TPSA) is 12.9 Å². The second-order valence-electron chi connectivity index (χ2n) is 4.14. The van der Waals surface area contributed by atoms with Crippen LogP contribution in [0.5, 0.6) is 0 Å². The Hall–Kier alpha value is -0.930. The molecule has 0 amide bonds. The summed E-state index contributed by atoms with van der Waals surface area (Å²) in [5.41, 5.74) is 2.80. The number of nitrogens with zero attached hydrogens (tertiary/aromatic N) is 1. The number of halogens is 3. The highest BCUT2D eigenvalue weighted by molar-refractivity contribution is 9.10. The van der Waals surface area contributed by atoms with E-state index < -0.39 is 0 Å². The lowest BCUT2D eigenvalue weighted by Crippen LogP contribution is -2.01. The van der Waals surface area contributed by atoms with Crippen molar-refractivity contribution in [2.24, 2.45) is 0 Å². The van der Waals surface area contributed by atoms with Crippen molar-refractivity contribution in [1.29, 1.82) is 0 Å². The summed E-state index contributed by atoms with van der Waals surface area (Å²) in [4.78, 5) is 4.30. The van der Waals surface area contributed by atoms with Gasteiger partial charge in [0, 0.05) is 22.8 Å². The molecule has 0 saturated carbocycles. The Morgan fingerprint density at radius 1 is 1.39 bits per heavy atom. The van der Waals surface area contributed by atoms with Gasteiger partial charge in [0.25, 0.3) is 0 Å². The second-order valence-corrected chi connectivity index (χ2v) is 5.58. The number of benzene rings is 1. The molecule has 18 heavy (non-hydrogen) atoms. The van der Waals surface area contributed by atoms with E-state index in [1.165, 1.54) is 12.1 Å². The summed E-state index contributed by atoms with van der Waals surface area (Å²) >= 11 is 9.60. The summed E-state index contributed by atoms with van der Waals surface area (Å²) in [6, 6.07) is 8.59. The van der Waals surface area contributed by atoms with Crippen LogP contribution in [0.4, 0.5) is 4.39 Å². The van der Waals surface area contributed by atoms with Crippen LogP contribution >= 0.6 is 27.5 Å². The zero-order valence-corrected chi connectivity index (χ0v) is 12.2. The van der Waals surface area contributed by atoms with Gasteiger partial charge >= 0.3 is 0 Å². The molecule has 94 valence electrons. The van der Waals surface area contributed by atoms with E-state index in [4.69, 9.17) is 11.6 Å². The van der Waals surface area contributed by atoms with Crippen LogP contribution in [0.1, 0.15) is 22.2 Å². The molecule has 4 heteroatoms. The molecule has 0 fully saturated rings. The average Bonchev–Trinajstić information content (AvgIpc) is 2.31. The van der Waals surface area contributed by atoms with E-state index in [9.17, 15) is 4.39 Å². The third kappa shape index (κ3) is 3.30. The van der Waals surface area contributed by atoms with Gasteiger partial charge in [0.15, 0.2) is 0 Å². The fourth-order valence-corrected chi connectivity index (χ4v) is 2.53. The fraction of sp³-hybridized carbons (Fsp3) is 0.214. The molecule has 0 aliphatic heterocycles. The molecule has 1 heterocycles. The van der Waals surface area contributed by atoms with E-state index in [1.807, 2.05) is 25.1 Å². The molecule has 1 atom stereocenters. The van der Waals surface area contributed by atoms with Gasteiger partial charge in [-0.05, 0) is 42.3 Å². The van der Waals surface area contributed by atoms with Crippen LogP contribution in [0.15, 0.2) is 41.0 Å². The second kappa shape index (κ2) is 5.81. The van der Waals surface area contributed by atoms with Crippen LogP contribution in [0.3, 0.4) is 0 Å². The molecule has 2 rings (SSSR count). The number of hydrogen-bond acceptors (Lipinski definition) is 1. The number of pyridine rings is 1. The molecule has 1 aromatic carbocycles. The lowest BCUT2D eigenvalue weighted by atomic mass is 10.0. The number of aromatic nitrogens is 1. The van der Waals surface area contributed by atoms with Gasteiger partial charge in [-0.3, -0.25) is 4.98 Å². The van der Waals surface area contributed by atoms with Crippen LogP contribution in [0, 0.1) is 12.7 Å². The maximum Gasteiger partial charge on any atom is 0.124 e. The zero-order chi connectivity index (χ0) is 13.1. The van der Waals surface area contributed by atoms with Crippen LogP contribution in [-0.4, -0.2) is 4.98 Å². The van der Waals surface area contributed by atoms with Gasteiger partial charge in [-0.1, -0.05) is 22.0 Å². The summed E-state index contributed by atoms with van der Waals surface area (Å²) in [5.74, 6) is -0.289. The molecule has 0 N–H and O–H groups in total. The fourth-order valence-electron chi connectivity index (χ4n) is 1.78. The van der Waals surface area contributed by atoms with Gasteiger partial charge in [-0.15, -0.1) is 11.6 Å². The molecule has 1 unspecified atom stereocenters. The first kappa shape index (κ1) is 13.5. The van der Waals surface area contributed by atoms with Gasteiger partial charge in [0.2, 0.25) is 0 Å². The van der Waals surface area contributed by atoms with E-state index in [2.05, 4.69) is 20.9 Å². The van der Waals surface area contributed by atoms with Crippen molar-refractivity contribution in [1.82, 2.24) is 4.98 Å². The Balaban J connectivity index is 2.22. The van der Waals surface area contributed by atoms with Crippen LogP contribution in [0.25, 0.3) is 0 Å². The number of aryl methyl sites for hydroxylation is 1. The Morgan fingerprint density at radius 2 is 2.17 bits per heavy atom. The van der Waals surface area contributed by atoms with Crippen LogP contribution < -0.4 is 0 Å². The van der Waals surface area contributed by atoms with Crippen molar-refractivity contribution in [3.05, 3.63) is 63.6 Å². The van der Waals surface area contributed by atoms with Crippen molar-refractivity contribution in [3.8, 4) is 0 Å². The van der Waals surface area contributed by atoms with Crippen molar-refractivity contribution < 1.29 is 4.39 Å². The zero-order valence-electron chi connectivity index (χ0n) is 9.83. The van der Waals surface area contributed by atoms with Crippen molar-refractivity contribution in [2.45, 2.75) is 18.7 Å². The highest BCUT2D eigenvalue weighted by Gasteiger charge is 2.13. The normalized spacial score (nSPS) is 12.4. The summed E-state index contributed by atoms with van der Waals surface area (Å²) < 4.78 is 14.0. The summed E-state index contributed by atoms with van der Waals surface area (Å²) in [7, 11) is 0. The number of hydrogen-bond donors (Lipinski definition) is 0. The maximum atomic E-state index is 13.3. The molecular weight excluding hydrogens is 317 g/mol. The molecule has 1 aromatic heterocycles. The Bertz CT molecular complexity index is 539. The minimum absolute atomic E-state index is 0.286. The molecule has 0 bridgehead atoms. The van der Waals surface area contributed by atoms with Gasteiger partial charge in [-0.2, -0.15) is 0 Å². The van der Waals surface area contributed by atoms with Crippen LogP contribution in [-0.2, 0) is 6.42 Å². The van der Waals surface area contributed by atoms with Gasteiger partial charge in [-0.25, -0.2) is 4.39 Å². The van der Waals surface area contributed by atoms with Crippen molar-refractivity contribution >= 4 is 27.5 Å². The number of alkyl halides is 1. The van der Waals surface area contributed by atoms with E-state index in [1.54, 1.807) is 6.20 Å². The third-order valence-corrected chi connectivity index (χ3v) is 3.60. The lowest BCUT2D eigenvalue weighted by molar-refractivity contribution is 0.623. The van der Waals surface area contributed by atoms with Gasteiger partial charge < -0.3 is 0 Å². The number of rotatable bonds is 3. The van der Waals surface area contributed by atoms with E-state index in [0.717, 1.165) is 16.8 Å². The van der Waals surface area contributed by atoms with Crippen molar-refractivity contribution in [2.75, 3.05) is 0 Å². The standard InChI is InChI=1S/C14H12BrClFN/c1-9-3-2-4-18-14(9)8-13(16)10-5-11(15)7-12(17)6-10/h2-7,13H,8H2,1H3. The molecule has 0 spiro atoms. The van der Waals surface area contributed by atoms with Crippen LogP contribution in [0.2, 0.25) is 0 Å². The molecule has 2 aromatic rings. The van der Waals surface area contributed by atoms with Gasteiger partial charge in [0.1, 0.15) is 5.82 Å². The molecular formula is C14H12BrClFN. The molecule has 0 aliphatic rings. The van der Waals surface area contributed by atoms with E-state index >= 15 is 0 Å². The monoisotopic (exact) mass is 327 g/mol. The smallest absolute Gasteiger partial charge is 0.124 e. The predicted molar refractivity (Wildman–Crippen MR) is 75.4 cm³/mol. The maximum absolute atomic E-state index is 13.3. The Labute approximate surface area is 119 Å². The summed E-state index contributed by atoms with van der Waals surface area (Å²) in [5, 5.41) is -0.286. The Morgan fingerprint density at radius 3 is 2.83 bits per heavy atom. The highest BCUT2D eigenvalue weighted by Crippen LogP contribution is 2.28. The minimum Gasteiger partial charge on any atom is -0.261 e. The van der Waals surface area contributed by atoms with E-state index in [-0.39, 0.29) is 11.2 Å². The Kier molecular flexibility index (Phi) is 4.36. The van der Waals surface area contributed by atoms with Gasteiger partial charge in [0.05, 0.1) is 5.38 Å². The lowest BCUT2D eigenvalue weighted by Gasteiger charge is -2.11. The molecule has 0 aliphatic carbocycles. The first-order valence-electron chi connectivity index (χ1n) is 5.57. The molecule has 1 nitrogen and oxygen atoms in total. The first-order valence-corrected chi connectivity index (χ1v) is 6.80. The largest absolute Gasteiger partial charge is 0.261 e. The molecule has 0 radical (unpaired) electrons.